The minimum absolute atomic E-state index is 0.779. The summed E-state index contributed by atoms with van der Waals surface area (Å²) in [6, 6.07) is 8.44. The van der Waals surface area contributed by atoms with Gasteiger partial charge >= 0.3 is 0 Å². The molecule has 0 aromatic heterocycles. The number of rotatable bonds is 2. The maximum absolute atomic E-state index is 5.91. The van der Waals surface area contributed by atoms with Crippen molar-refractivity contribution in [1.29, 1.82) is 0 Å². The highest BCUT2D eigenvalue weighted by Gasteiger charge is 2.21. The molecule has 2 unspecified atom stereocenters. The largest absolute Gasteiger partial charge is 0.0843 e. The van der Waals surface area contributed by atoms with E-state index >= 15 is 0 Å². The summed E-state index contributed by atoms with van der Waals surface area (Å²) < 4.78 is 0. The summed E-state index contributed by atoms with van der Waals surface area (Å²) in [5.41, 5.74) is 1.48. The fourth-order valence-electron chi connectivity index (χ4n) is 2.70. The molecule has 0 N–H and O–H groups in total. The van der Waals surface area contributed by atoms with Gasteiger partial charge in [0, 0.05) is 5.02 Å². The van der Waals surface area contributed by atoms with Crippen LogP contribution in [0.4, 0.5) is 0 Å². The third-order valence-corrected chi connectivity index (χ3v) is 3.95. The molecule has 1 heteroatoms. The average Bonchev–Trinajstić information content (AvgIpc) is 2.30. The number of hydrogen-bond acceptors (Lipinski definition) is 0. The van der Waals surface area contributed by atoms with E-state index in [0.717, 1.165) is 16.9 Å². The van der Waals surface area contributed by atoms with E-state index in [1.165, 1.54) is 37.7 Å². The zero-order valence-corrected chi connectivity index (χ0v) is 10.1. The highest BCUT2D eigenvalue weighted by atomic mass is 35.5. The van der Waals surface area contributed by atoms with Gasteiger partial charge in [-0.05, 0) is 42.4 Å². The molecule has 2 atom stereocenters. The van der Waals surface area contributed by atoms with Crippen molar-refractivity contribution < 1.29 is 0 Å². The molecule has 0 nitrogen and oxygen atoms in total. The standard InChI is InChI=1S/C14H19Cl/c1-2-11-4-3-5-13(10-11)12-6-8-14(15)9-7-12/h6-9,11,13H,2-5,10H2,1H3. The summed E-state index contributed by atoms with van der Waals surface area (Å²) in [5.74, 6) is 1.72. The lowest BCUT2D eigenvalue weighted by molar-refractivity contribution is 0.314. The van der Waals surface area contributed by atoms with E-state index in [1.807, 2.05) is 12.1 Å². The van der Waals surface area contributed by atoms with Crippen LogP contribution in [0.2, 0.25) is 5.02 Å². The van der Waals surface area contributed by atoms with Crippen molar-refractivity contribution in [2.75, 3.05) is 0 Å². The third kappa shape index (κ3) is 2.75. The van der Waals surface area contributed by atoms with Crippen molar-refractivity contribution in [3.05, 3.63) is 34.9 Å². The molecule has 0 saturated heterocycles. The quantitative estimate of drug-likeness (QED) is 0.659. The Labute approximate surface area is 97.6 Å². The number of halogens is 1. The Morgan fingerprint density at radius 3 is 2.60 bits per heavy atom. The van der Waals surface area contributed by atoms with Crippen LogP contribution in [0.3, 0.4) is 0 Å². The van der Waals surface area contributed by atoms with Gasteiger partial charge in [0.2, 0.25) is 0 Å². The summed E-state index contributed by atoms with van der Waals surface area (Å²) in [6.45, 7) is 2.31. The maximum Gasteiger partial charge on any atom is 0.0406 e. The van der Waals surface area contributed by atoms with Crippen molar-refractivity contribution in [3.8, 4) is 0 Å². The monoisotopic (exact) mass is 222 g/mol. The van der Waals surface area contributed by atoms with Gasteiger partial charge in [-0.25, -0.2) is 0 Å². The molecule has 1 fully saturated rings. The van der Waals surface area contributed by atoms with E-state index in [1.54, 1.807) is 0 Å². The number of benzene rings is 1. The Morgan fingerprint density at radius 2 is 1.93 bits per heavy atom. The molecule has 1 aliphatic carbocycles. The first kappa shape index (κ1) is 11.0. The molecular weight excluding hydrogens is 204 g/mol. The molecule has 0 amide bonds. The molecule has 82 valence electrons. The van der Waals surface area contributed by atoms with Gasteiger partial charge in [-0.2, -0.15) is 0 Å². The van der Waals surface area contributed by atoms with Gasteiger partial charge in [0.15, 0.2) is 0 Å². The topological polar surface area (TPSA) is 0 Å². The average molecular weight is 223 g/mol. The van der Waals surface area contributed by atoms with E-state index in [4.69, 9.17) is 11.6 Å². The van der Waals surface area contributed by atoms with Crippen LogP contribution in [-0.2, 0) is 0 Å². The summed E-state index contributed by atoms with van der Waals surface area (Å²) in [5, 5.41) is 0.849. The van der Waals surface area contributed by atoms with Crippen LogP contribution < -0.4 is 0 Å². The first-order valence-corrected chi connectivity index (χ1v) is 6.43. The van der Waals surface area contributed by atoms with Crippen LogP contribution in [0.1, 0.15) is 50.5 Å². The molecule has 0 aliphatic heterocycles. The first-order valence-electron chi connectivity index (χ1n) is 6.05. The molecule has 0 heterocycles. The summed E-state index contributed by atoms with van der Waals surface area (Å²) in [7, 11) is 0. The summed E-state index contributed by atoms with van der Waals surface area (Å²) in [6.07, 6.45) is 6.90. The van der Waals surface area contributed by atoms with Gasteiger partial charge in [-0.3, -0.25) is 0 Å². The zero-order valence-electron chi connectivity index (χ0n) is 9.38. The molecule has 2 rings (SSSR count). The van der Waals surface area contributed by atoms with Crippen LogP contribution in [0.5, 0.6) is 0 Å². The molecule has 1 saturated carbocycles. The number of hydrogen-bond donors (Lipinski definition) is 0. The van der Waals surface area contributed by atoms with Crippen molar-refractivity contribution >= 4 is 11.6 Å². The van der Waals surface area contributed by atoms with E-state index in [-0.39, 0.29) is 0 Å². The van der Waals surface area contributed by atoms with E-state index in [0.29, 0.717) is 0 Å². The van der Waals surface area contributed by atoms with E-state index < -0.39 is 0 Å². The maximum atomic E-state index is 5.91. The van der Waals surface area contributed by atoms with Crippen LogP contribution >= 0.6 is 11.6 Å². The summed E-state index contributed by atoms with van der Waals surface area (Å²) >= 11 is 5.91. The molecule has 1 aromatic carbocycles. The SMILES string of the molecule is CCC1CCCC(c2ccc(Cl)cc2)C1. The van der Waals surface area contributed by atoms with Crippen LogP contribution in [0.15, 0.2) is 24.3 Å². The molecule has 1 aromatic rings. The first-order chi connectivity index (χ1) is 7.29. The predicted octanol–water partition coefficient (Wildman–Crippen LogP) is 5.02. The normalized spacial score (nSPS) is 26.5. The lowest BCUT2D eigenvalue weighted by Crippen LogP contribution is -2.13. The van der Waals surface area contributed by atoms with E-state index in [9.17, 15) is 0 Å². The Morgan fingerprint density at radius 1 is 1.20 bits per heavy atom. The second-order valence-electron chi connectivity index (χ2n) is 4.69. The third-order valence-electron chi connectivity index (χ3n) is 3.70. The molecule has 0 spiro atoms. The Hall–Kier alpha value is -0.490. The fraction of sp³-hybridized carbons (Fsp3) is 0.571. The molecule has 0 radical (unpaired) electrons. The second kappa shape index (κ2) is 5.03. The summed E-state index contributed by atoms with van der Waals surface area (Å²) in [4.78, 5) is 0. The lowest BCUT2D eigenvalue weighted by Gasteiger charge is -2.28. The van der Waals surface area contributed by atoms with Gasteiger partial charge in [0.25, 0.3) is 0 Å². The second-order valence-corrected chi connectivity index (χ2v) is 5.13. The smallest absolute Gasteiger partial charge is 0.0406 e. The Bertz CT molecular complexity index is 302. The molecule has 0 bridgehead atoms. The molecule has 15 heavy (non-hydrogen) atoms. The van der Waals surface area contributed by atoms with Gasteiger partial charge < -0.3 is 0 Å². The van der Waals surface area contributed by atoms with Gasteiger partial charge in [0.1, 0.15) is 0 Å². The predicted molar refractivity (Wildman–Crippen MR) is 66.4 cm³/mol. The minimum atomic E-state index is 0.779. The van der Waals surface area contributed by atoms with Crippen molar-refractivity contribution in [1.82, 2.24) is 0 Å². The fourth-order valence-corrected chi connectivity index (χ4v) is 2.83. The lowest BCUT2D eigenvalue weighted by atomic mass is 9.77. The van der Waals surface area contributed by atoms with Crippen molar-refractivity contribution in [2.24, 2.45) is 5.92 Å². The zero-order chi connectivity index (χ0) is 10.7. The minimum Gasteiger partial charge on any atom is -0.0843 e. The molecular formula is C14H19Cl. The molecule has 1 aliphatic rings. The van der Waals surface area contributed by atoms with Crippen molar-refractivity contribution in [3.63, 3.8) is 0 Å². The highest BCUT2D eigenvalue weighted by Crippen LogP contribution is 2.37. The van der Waals surface area contributed by atoms with Crippen LogP contribution in [-0.4, -0.2) is 0 Å². The van der Waals surface area contributed by atoms with Crippen molar-refractivity contribution in [2.45, 2.75) is 44.9 Å². The van der Waals surface area contributed by atoms with Crippen LogP contribution in [0.25, 0.3) is 0 Å². The van der Waals surface area contributed by atoms with Gasteiger partial charge in [0.05, 0.1) is 0 Å². The van der Waals surface area contributed by atoms with Gasteiger partial charge in [-0.15, -0.1) is 0 Å². The Kier molecular flexibility index (Phi) is 3.69. The van der Waals surface area contributed by atoms with E-state index in [2.05, 4.69) is 19.1 Å². The Balaban J connectivity index is 2.06. The highest BCUT2D eigenvalue weighted by molar-refractivity contribution is 6.30. The van der Waals surface area contributed by atoms with Gasteiger partial charge in [-0.1, -0.05) is 49.9 Å². The van der Waals surface area contributed by atoms with Crippen LogP contribution in [0, 0.1) is 5.92 Å².